The van der Waals surface area contributed by atoms with Gasteiger partial charge in [-0.3, -0.25) is 9.59 Å². The van der Waals surface area contributed by atoms with E-state index in [1.807, 2.05) is 0 Å². The summed E-state index contributed by atoms with van der Waals surface area (Å²) in [6, 6.07) is 14.5. The van der Waals surface area contributed by atoms with Crippen molar-refractivity contribution in [3.63, 3.8) is 0 Å². The van der Waals surface area contributed by atoms with E-state index in [9.17, 15) is 19.2 Å². The van der Waals surface area contributed by atoms with Crippen LogP contribution < -0.4 is 21.0 Å². The summed E-state index contributed by atoms with van der Waals surface area (Å²) in [5.74, 6) is -1.27. The Labute approximate surface area is 195 Å². The van der Waals surface area contributed by atoms with E-state index in [1.54, 1.807) is 42.5 Å². The van der Waals surface area contributed by atoms with E-state index in [0.29, 0.717) is 28.0 Å². The minimum atomic E-state index is -0.753. The molecule has 0 radical (unpaired) electrons. The molecule has 0 bridgehead atoms. The topological polar surface area (TPSA) is 124 Å². The lowest BCUT2D eigenvalue weighted by Crippen LogP contribution is -2.33. The van der Waals surface area contributed by atoms with Crippen molar-refractivity contribution in [1.29, 1.82) is 0 Å². The van der Waals surface area contributed by atoms with Gasteiger partial charge >= 0.3 is 11.6 Å². The molecule has 1 aliphatic rings. The first-order chi connectivity index (χ1) is 16.5. The number of hydrogen-bond donors (Lipinski definition) is 2. The highest BCUT2D eigenvalue weighted by atomic mass is 16.6. The summed E-state index contributed by atoms with van der Waals surface area (Å²) in [5, 5.41) is 6.31. The van der Waals surface area contributed by atoms with Crippen LogP contribution in [0.15, 0.2) is 63.8 Å². The van der Waals surface area contributed by atoms with Crippen molar-refractivity contribution in [2.24, 2.45) is 0 Å². The molecule has 0 aliphatic heterocycles. The molecule has 1 aliphatic carbocycles. The number of carbonyl (C=O) groups is 3. The number of anilines is 1. The maximum absolute atomic E-state index is 12.6. The highest BCUT2D eigenvalue weighted by Crippen LogP contribution is 2.21. The number of fused-ring (bicyclic) bond motifs is 1. The lowest BCUT2D eigenvalue weighted by Gasteiger charge is -2.15. The smallest absolute Gasteiger partial charge is 0.344 e. The molecule has 3 aromatic rings. The molecular formula is C25H24N2O7. The summed E-state index contributed by atoms with van der Waals surface area (Å²) >= 11 is 0. The van der Waals surface area contributed by atoms with E-state index >= 15 is 0 Å². The largest absolute Gasteiger partial charge is 0.482 e. The zero-order chi connectivity index (χ0) is 23.9. The summed E-state index contributed by atoms with van der Waals surface area (Å²) in [6.45, 7) is -0.969. The summed E-state index contributed by atoms with van der Waals surface area (Å²) in [5.41, 5.74) is 0.523. The van der Waals surface area contributed by atoms with Crippen LogP contribution in [0.25, 0.3) is 11.0 Å². The first-order valence-corrected chi connectivity index (χ1v) is 11.0. The third-order valence-electron chi connectivity index (χ3n) is 5.45. The van der Waals surface area contributed by atoms with E-state index < -0.39 is 30.7 Å². The number of benzene rings is 2. The Morgan fingerprint density at radius 1 is 0.971 bits per heavy atom. The number of nitrogens with one attached hydrogen (secondary N) is 2. The number of amides is 2. The number of para-hydroxylation sites is 1. The number of esters is 1. The van der Waals surface area contributed by atoms with Crippen LogP contribution in [0.2, 0.25) is 0 Å². The Morgan fingerprint density at radius 2 is 1.74 bits per heavy atom. The quantitative estimate of drug-likeness (QED) is 0.388. The molecule has 176 valence electrons. The van der Waals surface area contributed by atoms with E-state index in [-0.39, 0.29) is 11.9 Å². The third-order valence-corrected chi connectivity index (χ3v) is 5.45. The van der Waals surface area contributed by atoms with Gasteiger partial charge in [0.05, 0.1) is 11.3 Å². The Balaban J connectivity index is 1.26. The summed E-state index contributed by atoms with van der Waals surface area (Å²) < 4.78 is 15.4. The van der Waals surface area contributed by atoms with Crippen LogP contribution in [-0.2, 0) is 14.3 Å². The first-order valence-electron chi connectivity index (χ1n) is 11.0. The fourth-order valence-electron chi connectivity index (χ4n) is 3.77. The summed E-state index contributed by atoms with van der Waals surface area (Å²) in [4.78, 5) is 48.2. The molecule has 1 heterocycles. The van der Waals surface area contributed by atoms with Crippen LogP contribution in [0.1, 0.15) is 36.0 Å². The molecule has 1 fully saturated rings. The van der Waals surface area contributed by atoms with Crippen LogP contribution in [0.3, 0.4) is 0 Å². The predicted octanol–water partition coefficient (Wildman–Crippen LogP) is 3.03. The van der Waals surface area contributed by atoms with Crippen molar-refractivity contribution in [3.05, 3.63) is 70.6 Å². The molecule has 0 unspecified atom stereocenters. The van der Waals surface area contributed by atoms with Crippen LogP contribution in [0.4, 0.5) is 5.69 Å². The Kier molecular flexibility index (Phi) is 7.22. The van der Waals surface area contributed by atoms with Crippen LogP contribution in [0, 0.1) is 0 Å². The van der Waals surface area contributed by atoms with Gasteiger partial charge in [-0.25, -0.2) is 9.59 Å². The molecule has 2 aromatic carbocycles. The molecule has 1 saturated carbocycles. The van der Waals surface area contributed by atoms with Crippen LogP contribution in [0.5, 0.6) is 5.75 Å². The highest BCUT2D eigenvalue weighted by molar-refractivity contribution is 6.04. The van der Waals surface area contributed by atoms with Gasteiger partial charge in [0.2, 0.25) is 0 Å². The molecule has 2 N–H and O–H groups in total. The van der Waals surface area contributed by atoms with Crippen molar-refractivity contribution in [2.75, 3.05) is 18.5 Å². The number of rotatable bonds is 8. The second-order valence-corrected chi connectivity index (χ2v) is 7.95. The minimum Gasteiger partial charge on any atom is -0.482 e. The molecular weight excluding hydrogens is 440 g/mol. The fourth-order valence-corrected chi connectivity index (χ4v) is 3.77. The number of carbonyl (C=O) groups excluding carboxylic acids is 3. The van der Waals surface area contributed by atoms with Crippen molar-refractivity contribution in [1.82, 2.24) is 5.32 Å². The molecule has 2 amide bonds. The van der Waals surface area contributed by atoms with Gasteiger partial charge < -0.3 is 24.5 Å². The monoisotopic (exact) mass is 464 g/mol. The van der Waals surface area contributed by atoms with Crippen molar-refractivity contribution in [3.8, 4) is 5.75 Å². The SMILES string of the molecule is O=C(COC(=O)COc1ccc2ccc(=O)oc2c1)Nc1ccccc1C(=O)NC1CCCC1. The van der Waals surface area contributed by atoms with Gasteiger partial charge in [0.15, 0.2) is 13.2 Å². The maximum atomic E-state index is 12.6. The lowest BCUT2D eigenvalue weighted by atomic mass is 10.1. The van der Waals surface area contributed by atoms with Crippen molar-refractivity contribution < 1.29 is 28.3 Å². The van der Waals surface area contributed by atoms with Gasteiger partial charge in [-0.2, -0.15) is 0 Å². The Hall–Kier alpha value is -4.14. The average molecular weight is 464 g/mol. The van der Waals surface area contributed by atoms with Crippen LogP contribution in [-0.4, -0.2) is 37.0 Å². The molecule has 4 rings (SSSR count). The van der Waals surface area contributed by atoms with Gasteiger partial charge in [-0.05, 0) is 43.2 Å². The second kappa shape index (κ2) is 10.7. The van der Waals surface area contributed by atoms with Gasteiger partial charge in [0, 0.05) is 23.6 Å². The number of hydrogen-bond acceptors (Lipinski definition) is 7. The van der Waals surface area contributed by atoms with Gasteiger partial charge in [-0.1, -0.05) is 25.0 Å². The zero-order valence-corrected chi connectivity index (χ0v) is 18.4. The standard InChI is InChI=1S/C25H24N2O7/c28-22(27-20-8-4-3-7-19(20)25(31)26-17-5-1-2-6-17)14-33-24(30)15-32-18-11-9-16-10-12-23(29)34-21(16)13-18/h3-4,7-13,17H,1-2,5-6,14-15H2,(H,26,31)(H,27,28). The van der Waals surface area contributed by atoms with Crippen molar-refractivity contribution in [2.45, 2.75) is 31.7 Å². The molecule has 9 nitrogen and oxygen atoms in total. The van der Waals surface area contributed by atoms with Crippen LogP contribution >= 0.6 is 0 Å². The summed E-state index contributed by atoms with van der Waals surface area (Å²) in [7, 11) is 0. The Morgan fingerprint density at radius 3 is 2.56 bits per heavy atom. The van der Waals surface area contributed by atoms with E-state index in [4.69, 9.17) is 13.9 Å². The zero-order valence-electron chi connectivity index (χ0n) is 18.4. The molecule has 0 atom stereocenters. The molecule has 0 spiro atoms. The fraction of sp³-hybridized carbons (Fsp3) is 0.280. The number of ether oxygens (including phenoxy) is 2. The lowest BCUT2D eigenvalue weighted by molar-refractivity contribution is -0.149. The first kappa shape index (κ1) is 23.0. The summed E-state index contributed by atoms with van der Waals surface area (Å²) in [6.07, 6.45) is 4.09. The maximum Gasteiger partial charge on any atom is 0.344 e. The Bertz CT molecular complexity index is 1260. The molecule has 0 saturated heterocycles. The van der Waals surface area contributed by atoms with Gasteiger partial charge in [0.1, 0.15) is 11.3 Å². The van der Waals surface area contributed by atoms with E-state index in [1.165, 1.54) is 12.1 Å². The minimum absolute atomic E-state index is 0.149. The average Bonchev–Trinajstić information content (AvgIpc) is 3.34. The van der Waals surface area contributed by atoms with E-state index in [2.05, 4.69) is 10.6 Å². The second-order valence-electron chi connectivity index (χ2n) is 7.95. The van der Waals surface area contributed by atoms with Gasteiger partial charge in [-0.15, -0.1) is 0 Å². The normalized spacial score (nSPS) is 13.4. The predicted molar refractivity (Wildman–Crippen MR) is 124 cm³/mol. The highest BCUT2D eigenvalue weighted by Gasteiger charge is 2.20. The molecule has 9 heteroatoms. The van der Waals surface area contributed by atoms with Gasteiger partial charge in [0.25, 0.3) is 11.8 Å². The van der Waals surface area contributed by atoms with E-state index in [0.717, 1.165) is 25.7 Å². The third kappa shape index (κ3) is 6.00. The molecule has 1 aromatic heterocycles. The molecule has 34 heavy (non-hydrogen) atoms. The van der Waals surface area contributed by atoms with Crippen molar-refractivity contribution >= 4 is 34.4 Å².